The molecule has 5 atom stereocenters. The van der Waals surface area contributed by atoms with E-state index in [4.69, 9.17) is 15.2 Å². The number of hydrogen-bond donors (Lipinski definition) is 4. The number of aromatic nitrogens is 2. The second kappa shape index (κ2) is 21.6. The molecule has 4 fully saturated rings. The van der Waals surface area contributed by atoms with E-state index >= 15 is 17.6 Å². The average molecular weight is 1050 g/mol. The van der Waals surface area contributed by atoms with Crippen LogP contribution in [-0.2, 0) is 11.8 Å². The molecule has 1 aromatic heterocycles. The quantitative estimate of drug-likeness (QED) is 0.0672. The van der Waals surface area contributed by atoms with Crippen LogP contribution in [0.25, 0.3) is 22.0 Å². The summed E-state index contributed by atoms with van der Waals surface area (Å²) < 4.78 is 91.6. The number of allylic oxidation sites excluding steroid dienone is 2. The highest BCUT2D eigenvalue weighted by Crippen LogP contribution is 2.55. The van der Waals surface area contributed by atoms with Gasteiger partial charge in [-0.2, -0.15) is 5.10 Å². The summed E-state index contributed by atoms with van der Waals surface area (Å²) in [6, 6.07) is 4.46. The van der Waals surface area contributed by atoms with Gasteiger partial charge in [0.1, 0.15) is 42.4 Å². The van der Waals surface area contributed by atoms with Crippen molar-refractivity contribution in [3.05, 3.63) is 105 Å². The Balaban J connectivity index is 0.746. The van der Waals surface area contributed by atoms with Crippen molar-refractivity contribution in [3.8, 4) is 22.6 Å². The van der Waals surface area contributed by atoms with Gasteiger partial charge in [0.15, 0.2) is 28.8 Å². The lowest BCUT2D eigenvalue weighted by atomic mass is 9.75. The zero-order chi connectivity index (χ0) is 53.7. The number of hydrogen-bond acceptors (Lipinski definition) is 10. The zero-order valence-electron chi connectivity index (χ0n) is 43.3. The number of alkyl halides is 1. The van der Waals surface area contributed by atoms with Crippen molar-refractivity contribution in [3.63, 3.8) is 0 Å². The summed E-state index contributed by atoms with van der Waals surface area (Å²) in [4.78, 5) is 43.0. The molecule has 5 unspecified atom stereocenters. The second-order valence-electron chi connectivity index (χ2n) is 21.6. The number of carbonyl (C=O) groups excluding carboxylic acids is 3. The van der Waals surface area contributed by atoms with E-state index in [-0.39, 0.29) is 99.3 Å². The van der Waals surface area contributed by atoms with Gasteiger partial charge >= 0.3 is 6.03 Å². The molecule has 4 aromatic rings. The number of fused-ring (bicyclic) bond motifs is 2. The van der Waals surface area contributed by atoms with E-state index in [0.29, 0.717) is 36.6 Å². The van der Waals surface area contributed by atoms with E-state index in [1.807, 2.05) is 26.0 Å². The number of aryl methyl sites for hydroxylation is 1. The Morgan fingerprint density at radius 1 is 1.00 bits per heavy atom. The molecule has 10 rings (SSSR count). The fraction of sp³-hybridized carbons (Fsp3) is 0.509. The third kappa shape index (κ3) is 9.75. The van der Waals surface area contributed by atoms with E-state index in [2.05, 4.69) is 37.0 Å². The van der Waals surface area contributed by atoms with E-state index in [1.165, 1.54) is 40.8 Å². The van der Waals surface area contributed by atoms with Crippen LogP contribution in [0.3, 0.4) is 0 Å². The van der Waals surface area contributed by atoms with Gasteiger partial charge in [-0.15, -0.1) is 0 Å². The number of aliphatic hydroxyl groups excluding tert-OH is 1. The molecule has 2 aliphatic carbocycles. The number of aliphatic hydroxyl groups is 1. The molecule has 0 radical (unpaired) electrons. The predicted octanol–water partition coefficient (Wildman–Crippen LogP) is 8.34. The number of nitrogens with two attached hydrogens (primary N) is 1. The number of nitrogens with one attached hydrogen (secondary N) is 2. The van der Waals surface area contributed by atoms with E-state index in [1.54, 1.807) is 13.1 Å². The summed E-state index contributed by atoms with van der Waals surface area (Å²) in [5, 5.41) is 22.3. The fourth-order valence-electron chi connectivity index (χ4n) is 13.0. The maximum Gasteiger partial charge on any atom is 0.329 e. The molecule has 14 nitrogen and oxygen atoms in total. The van der Waals surface area contributed by atoms with Gasteiger partial charge in [0, 0.05) is 93.0 Å². The lowest BCUT2D eigenvalue weighted by Gasteiger charge is -2.43. The number of rotatable bonds is 15. The third-order valence-corrected chi connectivity index (χ3v) is 17.1. The molecule has 76 heavy (non-hydrogen) atoms. The smallest absolute Gasteiger partial charge is 0.329 e. The fourth-order valence-corrected chi connectivity index (χ4v) is 13.0. The van der Waals surface area contributed by atoms with Crippen LogP contribution < -0.4 is 30.7 Å². The van der Waals surface area contributed by atoms with Crippen molar-refractivity contribution in [2.45, 2.75) is 102 Å². The molecule has 4 aliphatic heterocycles. The molecule has 3 saturated heterocycles. The molecular formula is C57H65F5N8O6. The molecular weight excluding hydrogens is 988 g/mol. The van der Waals surface area contributed by atoms with Crippen molar-refractivity contribution in [2.24, 2.45) is 30.5 Å². The van der Waals surface area contributed by atoms with Crippen LogP contribution in [0, 0.1) is 47.9 Å². The first kappa shape index (κ1) is 53.1. The minimum atomic E-state index is -1.16. The van der Waals surface area contributed by atoms with Crippen LogP contribution in [0.5, 0.6) is 11.5 Å². The number of nitrogens with zero attached hydrogens (tertiary/aromatic N) is 5. The van der Waals surface area contributed by atoms with Gasteiger partial charge in [0.2, 0.25) is 11.8 Å². The zero-order valence-corrected chi connectivity index (χ0v) is 43.3. The number of halogens is 5. The van der Waals surface area contributed by atoms with Crippen molar-refractivity contribution >= 4 is 34.6 Å². The molecule has 0 bridgehead atoms. The first-order valence-electron chi connectivity index (χ1n) is 26.6. The first-order chi connectivity index (χ1) is 36.5. The van der Waals surface area contributed by atoms with Crippen LogP contribution in [0.15, 0.2) is 59.5 Å². The molecule has 6 aliphatic rings. The number of urea groups is 1. The molecule has 0 spiro atoms. The predicted molar refractivity (Wildman–Crippen MR) is 276 cm³/mol. The Hall–Kier alpha value is -6.33. The molecule has 19 heteroatoms. The normalized spacial score (nSPS) is 25.7. The number of primary amides is 1. The molecule has 4 amide bonds. The molecule has 3 aromatic carbocycles. The van der Waals surface area contributed by atoms with E-state index in [0.717, 1.165) is 58.2 Å². The lowest BCUT2D eigenvalue weighted by molar-refractivity contribution is -0.120. The third-order valence-electron chi connectivity index (χ3n) is 17.1. The van der Waals surface area contributed by atoms with Crippen molar-refractivity contribution in [1.82, 2.24) is 30.2 Å². The minimum Gasteiger partial charge on any atom is -0.488 e. The maximum absolute atomic E-state index is 16.5. The largest absolute Gasteiger partial charge is 0.488 e. The summed E-state index contributed by atoms with van der Waals surface area (Å²) in [6.07, 6.45) is 10.4. The highest BCUT2D eigenvalue weighted by atomic mass is 19.1. The average Bonchev–Trinajstić information content (AvgIpc) is 4.03. The summed E-state index contributed by atoms with van der Waals surface area (Å²) in [6.45, 7) is 8.27. The topological polar surface area (TPSA) is 168 Å². The number of carbonyl (C=O) groups is 3. The number of amides is 4. The van der Waals surface area contributed by atoms with Gasteiger partial charge in [-0.3, -0.25) is 29.4 Å². The summed E-state index contributed by atoms with van der Waals surface area (Å²) in [5.74, 6) is -4.77. The number of piperidine rings is 2. The minimum absolute atomic E-state index is 0.0326. The van der Waals surface area contributed by atoms with Crippen molar-refractivity contribution in [2.75, 3.05) is 64.0 Å². The Kier molecular flexibility index (Phi) is 15.1. The highest BCUT2D eigenvalue weighted by Gasteiger charge is 2.51. The van der Waals surface area contributed by atoms with Crippen molar-refractivity contribution in [1.29, 1.82) is 0 Å². The lowest BCUT2D eigenvalue weighted by Crippen LogP contribution is -2.52. The Morgan fingerprint density at radius 2 is 1.76 bits per heavy atom. The van der Waals surface area contributed by atoms with Crippen LogP contribution in [0.1, 0.15) is 104 Å². The second-order valence-corrected chi connectivity index (χ2v) is 21.6. The van der Waals surface area contributed by atoms with Gasteiger partial charge in [-0.05, 0) is 124 Å². The summed E-state index contributed by atoms with van der Waals surface area (Å²) in [7, 11) is 1.57. The number of ether oxygens (including phenoxy) is 2. The number of imide groups is 1. The van der Waals surface area contributed by atoms with Gasteiger partial charge in [0.25, 0.3) is 0 Å². The summed E-state index contributed by atoms with van der Waals surface area (Å²) >= 11 is 0. The number of likely N-dealkylation sites (tertiary alicyclic amines) is 2. The van der Waals surface area contributed by atoms with Crippen LogP contribution in [0.4, 0.5) is 32.6 Å². The SMILES string of the molecule is Cc1c(F)cc2c(c1-c1c(C(N)=O)ccc(OCCF)c1F)C(C)C(CNC1CCC(C(O)N3CCC(CN4CCC(c5c(F)cc6c(N7CCC(=O)NC7=O)nn(C)c6c5F)C(C)C4)CC3)CC1)(C1=C=C=CC=C1)O2. The van der Waals surface area contributed by atoms with Gasteiger partial charge in [-0.1, -0.05) is 31.4 Å². The van der Waals surface area contributed by atoms with E-state index < -0.39 is 72.1 Å². The Labute approximate surface area is 438 Å². The standard InChI is InChI=1S/C57H65F5N8O6/c1-31-28-68(21-18-38(31)48-42(60)26-40-52(51(48)62)67(4)66-54(40)70-24-19-45(71)65-56(70)74)29-34-16-22-69(23-17-34)55(73)35-10-12-37(13-11-35)64-30-57(36-8-6-5-7-9-36)33(3)47-44(76-57)27-41(59)32(2)46(47)49-39(53(63)72)14-15-43(50(49)61)75-25-20-58/h5-6,8,14-15,26-27,31,33-35,37-38,55,64,73H,10-13,16-25,28-30H2,1-4H3,(H2,63,72)(H,65,71,74). The number of benzene rings is 3. The maximum atomic E-state index is 16.5. The van der Waals surface area contributed by atoms with Crippen LogP contribution in [-0.4, -0.2) is 119 Å². The van der Waals surface area contributed by atoms with Crippen molar-refractivity contribution < 1.29 is 50.9 Å². The molecule has 1 saturated carbocycles. The first-order valence-corrected chi connectivity index (χ1v) is 26.6. The van der Waals surface area contributed by atoms with Crippen LogP contribution in [0.2, 0.25) is 0 Å². The molecule has 404 valence electrons. The number of anilines is 1. The monoisotopic (exact) mass is 1050 g/mol. The highest BCUT2D eigenvalue weighted by molar-refractivity contribution is 6.09. The summed E-state index contributed by atoms with van der Waals surface area (Å²) in [5.41, 5.74) is 11.9. The van der Waals surface area contributed by atoms with Gasteiger partial charge in [0.05, 0.1) is 10.9 Å². The Bertz CT molecular complexity index is 3100. The van der Waals surface area contributed by atoms with Gasteiger partial charge < -0.3 is 30.5 Å². The molecule has 5 heterocycles. The van der Waals surface area contributed by atoms with E-state index in [9.17, 15) is 23.9 Å². The van der Waals surface area contributed by atoms with Crippen LogP contribution >= 0.6 is 0 Å². The molecule has 5 N–H and O–H groups in total. The van der Waals surface area contributed by atoms with Gasteiger partial charge in [-0.25, -0.2) is 26.7 Å². The Morgan fingerprint density at radius 3 is 2.45 bits per heavy atom.